The minimum absolute atomic E-state index is 0.415. The maximum atomic E-state index is 12.0. The van der Waals surface area contributed by atoms with Crippen molar-refractivity contribution < 1.29 is 19.4 Å². The number of carbonyl (C=O) groups is 2. The van der Waals surface area contributed by atoms with Crippen molar-refractivity contribution in [2.24, 2.45) is 0 Å². The van der Waals surface area contributed by atoms with E-state index in [4.69, 9.17) is 4.74 Å². The number of rotatable bonds is 5. The van der Waals surface area contributed by atoms with E-state index in [0.717, 1.165) is 4.47 Å². The normalized spacial score (nSPS) is 13.0. The van der Waals surface area contributed by atoms with Crippen LogP contribution in [0.5, 0.6) is 0 Å². The smallest absolute Gasteiger partial charge is 0.340 e. The van der Waals surface area contributed by atoms with Gasteiger partial charge >= 0.3 is 5.97 Å². The second-order valence-electron chi connectivity index (χ2n) is 4.89. The average molecular weight is 378 g/mol. The molecule has 0 heterocycles. The number of hydrogen-bond acceptors (Lipinski definition) is 4. The highest BCUT2D eigenvalue weighted by Crippen LogP contribution is 2.16. The summed E-state index contributed by atoms with van der Waals surface area (Å²) in [6.45, 7) is 1.45. The second-order valence-corrected chi connectivity index (χ2v) is 5.80. The lowest BCUT2D eigenvalue weighted by molar-refractivity contribution is -0.162. The highest BCUT2D eigenvalue weighted by molar-refractivity contribution is 9.10. The Morgan fingerprint density at radius 3 is 2.30 bits per heavy atom. The maximum Gasteiger partial charge on any atom is 0.340 e. The number of carbonyl (C=O) groups excluding carboxylic acids is 2. The van der Waals surface area contributed by atoms with E-state index in [1.165, 1.54) is 6.92 Å². The summed E-state index contributed by atoms with van der Waals surface area (Å²) in [4.78, 5) is 23.9. The van der Waals surface area contributed by atoms with E-state index < -0.39 is 24.1 Å². The first-order valence-corrected chi connectivity index (χ1v) is 7.76. The van der Waals surface area contributed by atoms with E-state index in [9.17, 15) is 14.7 Å². The molecule has 0 aliphatic heterocycles. The molecule has 2 aromatic carbocycles. The van der Waals surface area contributed by atoms with Gasteiger partial charge in [0.2, 0.25) is 0 Å². The molecule has 6 heteroatoms. The number of anilines is 1. The summed E-state index contributed by atoms with van der Waals surface area (Å²) in [6.07, 6.45) is -2.44. The largest absolute Gasteiger partial charge is 0.450 e. The number of hydrogen-bond donors (Lipinski definition) is 2. The number of ether oxygens (including phenoxy) is 1. The van der Waals surface area contributed by atoms with Crippen LogP contribution in [0.2, 0.25) is 0 Å². The van der Waals surface area contributed by atoms with Crippen molar-refractivity contribution in [2.45, 2.75) is 19.1 Å². The average Bonchev–Trinajstić information content (AvgIpc) is 2.56. The van der Waals surface area contributed by atoms with Crippen LogP contribution in [0.4, 0.5) is 5.69 Å². The lowest BCUT2D eigenvalue weighted by Crippen LogP contribution is -2.31. The number of aliphatic hydroxyl groups is 1. The highest BCUT2D eigenvalue weighted by atomic mass is 79.9. The topological polar surface area (TPSA) is 75.6 Å². The molecule has 0 saturated carbocycles. The zero-order chi connectivity index (χ0) is 16.8. The van der Waals surface area contributed by atoms with Crippen molar-refractivity contribution in [3.8, 4) is 0 Å². The fourth-order valence-electron chi connectivity index (χ4n) is 1.84. The predicted molar refractivity (Wildman–Crippen MR) is 89.7 cm³/mol. The molecule has 0 saturated heterocycles. The highest BCUT2D eigenvalue weighted by Gasteiger charge is 2.24. The van der Waals surface area contributed by atoms with Gasteiger partial charge in [-0.05, 0) is 36.8 Å². The summed E-state index contributed by atoms with van der Waals surface area (Å²) in [5, 5.41) is 12.6. The maximum absolute atomic E-state index is 12.0. The Labute approximate surface area is 142 Å². The van der Waals surface area contributed by atoms with Crippen LogP contribution in [-0.2, 0) is 14.3 Å². The molecule has 0 spiro atoms. The number of esters is 1. The number of aliphatic hydroxyl groups excluding tert-OH is 1. The summed E-state index contributed by atoms with van der Waals surface area (Å²) in [6, 6.07) is 15.4. The molecular formula is C17H16BrNO4. The van der Waals surface area contributed by atoms with Gasteiger partial charge < -0.3 is 15.2 Å². The Morgan fingerprint density at radius 2 is 1.70 bits per heavy atom. The molecule has 120 valence electrons. The van der Waals surface area contributed by atoms with Crippen molar-refractivity contribution >= 4 is 33.5 Å². The second kappa shape index (κ2) is 7.89. The molecule has 2 atom stereocenters. The van der Waals surface area contributed by atoms with Gasteiger partial charge in [-0.1, -0.05) is 46.3 Å². The van der Waals surface area contributed by atoms with Crippen molar-refractivity contribution in [3.05, 3.63) is 64.6 Å². The van der Waals surface area contributed by atoms with Gasteiger partial charge in [0.05, 0.1) is 0 Å². The summed E-state index contributed by atoms with van der Waals surface area (Å²) in [7, 11) is 0. The Hall–Kier alpha value is -2.18. The predicted octanol–water partition coefficient (Wildman–Crippen LogP) is 3.05. The molecule has 0 aliphatic rings. The lowest BCUT2D eigenvalue weighted by atomic mass is 10.1. The summed E-state index contributed by atoms with van der Waals surface area (Å²) >= 11 is 3.30. The first-order chi connectivity index (χ1) is 11.0. The Kier molecular flexibility index (Phi) is 5.90. The molecule has 0 unspecified atom stereocenters. The van der Waals surface area contributed by atoms with Crippen molar-refractivity contribution in [1.82, 2.24) is 0 Å². The van der Waals surface area contributed by atoms with Gasteiger partial charge in [0.15, 0.2) is 12.2 Å². The molecule has 2 rings (SSSR count). The fourth-order valence-corrected chi connectivity index (χ4v) is 2.11. The number of amides is 1. The van der Waals surface area contributed by atoms with E-state index in [1.54, 1.807) is 54.6 Å². The minimum atomic E-state index is -1.42. The van der Waals surface area contributed by atoms with E-state index in [0.29, 0.717) is 11.3 Å². The fraction of sp³-hybridized carbons (Fsp3) is 0.176. The minimum Gasteiger partial charge on any atom is -0.450 e. The van der Waals surface area contributed by atoms with Crippen LogP contribution in [0.15, 0.2) is 59.1 Å². The molecule has 0 aliphatic carbocycles. The van der Waals surface area contributed by atoms with Crippen molar-refractivity contribution in [2.75, 3.05) is 5.32 Å². The van der Waals surface area contributed by atoms with Crippen LogP contribution in [0.3, 0.4) is 0 Å². The Balaban J connectivity index is 1.92. The van der Waals surface area contributed by atoms with Gasteiger partial charge in [-0.3, -0.25) is 4.79 Å². The van der Waals surface area contributed by atoms with Crippen LogP contribution in [-0.4, -0.2) is 23.1 Å². The molecule has 0 fully saturated rings. The molecule has 5 nitrogen and oxygen atoms in total. The third kappa shape index (κ3) is 4.91. The summed E-state index contributed by atoms with van der Waals surface area (Å²) in [5.74, 6) is -1.34. The molecule has 0 aromatic heterocycles. The number of nitrogens with one attached hydrogen (secondary N) is 1. The van der Waals surface area contributed by atoms with Gasteiger partial charge in [-0.15, -0.1) is 0 Å². The monoisotopic (exact) mass is 377 g/mol. The van der Waals surface area contributed by atoms with Gasteiger partial charge in [0.1, 0.15) is 0 Å². The van der Waals surface area contributed by atoms with Crippen molar-refractivity contribution in [1.29, 1.82) is 0 Å². The SMILES string of the molecule is C[C@@H](OC(=O)[C@@H](O)c1ccccc1)C(=O)Nc1ccc(Br)cc1. The quantitative estimate of drug-likeness (QED) is 0.785. The Bertz CT molecular complexity index is 673. The van der Waals surface area contributed by atoms with E-state index in [-0.39, 0.29) is 0 Å². The zero-order valence-corrected chi connectivity index (χ0v) is 14.0. The molecular weight excluding hydrogens is 362 g/mol. The Morgan fingerprint density at radius 1 is 1.09 bits per heavy atom. The van der Waals surface area contributed by atoms with Gasteiger partial charge in [0.25, 0.3) is 5.91 Å². The first kappa shape index (κ1) is 17.2. The van der Waals surface area contributed by atoms with E-state index in [1.807, 2.05) is 0 Å². The van der Waals surface area contributed by atoms with Gasteiger partial charge in [-0.25, -0.2) is 4.79 Å². The molecule has 0 radical (unpaired) electrons. The van der Waals surface area contributed by atoms with Crippen LogP contribution >= 0.6 is 15.9 Å². The molecule has 0 bridgehead atoms. The molecule has 1 amide bonds. The first-order valence-electron chi connectivity index (χ1n) is 6.97. The van der Waals surface area contributed by atoms with Crippen LogP contribution in [0.1, 0.15) is 18.6 Å². The lowest BCUT2D eigenvalue weighted by Gasteiger charge is -2.16. The number of benzene rings is 2. The van der Waals surface area contributed by atoms with Gasteiger partial charge in [-0.2, -0.15) is 0 Å². The molecule has 2 N–H and O–H groups in total. The van der Waals surface area contributed by atoms with Crippen LogP contribution in [0, 0.1) is 0 Å². The van der Waals surface area contributed by atoms with Crippen molar-refractivity contribution in [3.63, 3.8) is 0 Å². The third-order valence-electron chi connectivity index (χ3n) is 3.11. The zero-order valence-electron chi connectivity index (χ0n) is 12.4. The van der Waals surface area contributed by atoms with Crippen LogP contribution in [0.25, 0.3) is 0 Å². The third-order valence-corrected chi connectivity index (χ3v) is 3.64. The van der Waals surface area contributed by atoms with Crippen LogP contribution < -0.4 is 5.32 Å². The standard InChI is InChI=1S/C17H16BrNO4/c1-11(16(21)19-14-9-7-13(18)8-10-14)23-17(22)15(20)12-5-3-2-4-6-12/h2-11,15,20H,1H3,(H,19,21)/t11-,15+/m1/s1. The number of halogens is 1. The molecule has 23 heavy (non-hydrogen) atoms. The summed E-state index contributed by atoms with van der Waals surface area (Å²) in [5.41, 5.74) is 1.00. The molecule has 2 aromatic rings. The summed E-state index contributed by atoms with van der Waals surface area (Å²) < 4.78 is 5.90. The van der Waals surface area contributed by atoms with Gasteiger partial charge in [0, 0.05) is 10.2 Å². The van der Waals surface area contributed by atoms with E-state index in [2.05, 4.69) is 21.2 Å². The van der Waals surface area contributed by atoms with E-state index >= 15 is 0 Å².